The number of aromatic nitrogens is 3. The second kappa shape index (κ2) is 5.49. The number of fused-ring (bicyclic) bond motifs is 1. The maximum absolute atomic E-state index is 12.0. The van der Waals surface area contributed by atoms with Gasteiger partial charge in [0, 0.05) is 30.9 Å². The maximum Gasteiger partial charge on any atom is 0.258 e. The van der Waals surface area contributed by atoms with Gasteiger partial charge in [0.15, 0.2) is 0 Å². The van der Waals surface area contributed by atoms with Crippen LogP contribution in [-0.2, 0) is 13.1 Å². The van der Waals surface area contributed by atoms with E-state index in [-0.39, 0.29) is 5.56 Å². The molecule has 6 nitrogen and oxygen atoms in total. The van der Waals surface area contributed by atoms with Gasteiger partial charge in [-0.3, -0.25) is 9.20 Å². The SMILES string of the molecule is Cc1noc(C)c1CNCc1cc(=O)n2ccccc2n1. The predicted molar refractivity (Wildman–Crippen MR) is 78.0 cm³/mol. The number of nitrogens with zero attached hydrogens (tertiary/aromatic N) is 3. The molecule has 0 unspecified atom stereocenters. The molecule has 1 N–H and O–H groups in total. The number of aryl methyl sites for hydroxylation is 2. The molecular weight excluding hydrogens is 268 g/mol. The van der Waals surface area contributed by atoms with Crippen molar-refractivity contribution in [2.24, 2.45) is 0 Å². The Labute approximate surface area is 121 Å². The molecule has 3 aromatic heterocycles. The Bertz CT molecular complexity index is 816. The molecule has 3 heterocycles. The number of nitrogens with one attached hydrogen (secondary N) is 1. The molecule has 108 valence electrons. The van der Waals surface area contributed by atoms with E-state index in [4.69, 9.17) is 4.52 Å². The third-order valence-corrected chi connectivity index (χ3v) is 3.41. The van der Waals surface area contributed by atoms with Crippen LogP contribution in [0.4, 0.5) is 0 Å². The van der Waals surface area contributed by atoms with Crippen LogP contribution in [0.2, 0.25) is 0 Å². The highest BCUT2D eigenvalue weighted by molar-refractivity contribution is 5.38. The van der Waals surface area contributed by atoms with Crippen LogP contribution < -0.4 is 10.9 Å². The Morgan fingerprint density at radius 3 is 2.90 bits per heavy atom. The molecule has 0 saturated heterocycles. The smallest absolute Gasteiger partial charge is 0.258 e. The largest absolute Gasteiger partial charge is 0.361 e. The van der Waals surface area contributed by atoms with Crippen molar-refractivity contribution in [2.45, 2.75) is 26.9 Å². The molecule has 0 bridgehead atoms. The molecular formula is C15H16N4O2. The van der Waals surface area contributed by atoms with Crippen LogP contribution in [0.1, 0.15) is 22.7 Å². The van der Waals surface area contributed by atoms with Crippen LogP contribution in [0.25, 0.3) is 5.65 Å². The minimum atomic E-state index is -0.0743. The maximum atomic E-state index is 12.0. The molecule has 0 aliphatic carbocycles. The van der Waals surface area contributed by atoms with Crippen molar-refractivity contribution in [2.75, 3.05) is 0 Å². The Morgan fingerprint density at radius 1 is 1.29 bits per heavy atom. The van der Waals surface area contributed by atoms with Crippen molar-refractivity contribution < 1.29 is 4.52 Å². The molecule has 21 heavy (non-hydrogen) atoms. The molecule has 0 amide bonds. The van der Waals surface area contributed by atoms with E-state index in [1.165, 1.54) is 4.40 Å². The van der Waals surface area contributed by atoms with Gasteiger partial charge in [0.1, 0.15) is 11.4 Å². The fourth-order valence-corrected chi connectivity index (χ4v) is 2.26. The van der Waals surface area contributed by atoms with Gasteiger partial charge in [-0.25, -0.2) is 4.98 Å². The van der Waals surface area contributed by atoms with Gasteiger partial charge in [0.25, 0.3) is 5.56 Å². The van der Waals surface area contributed by atoms with Crippen LogP contribution >= 0.6 is 0 Å². The highest BCUT2D eigenvalue weighted by Crippen LogP contribution is 2.11. The summed E-state index contributed by atoms with van der Waals surface area (Å²) in [7, 11) is 0. The van der Waals surface area contributed by atoms with Gasteiger partial charge in [-0.05, 0) is 26.0 Å². The first-order valence-electron chi connectivity index (χ1n) is 6.75. The summed E-state index contributed by atoms with van der Waals surface area (Å²) in [5.74, 6) is 0.812. The molecule has 6 heteroatoms. The first-order chi connectivity index (χ1) is 10.1. The standard InChI is InChI=1S/C15H16N4O2/c1-10-13(11(2)21-18-10)9-16-8-12-7-15(20)19-6-4-3-5-14(19)17-12/h3-7,16H,8-9H2,1-2H3. The van der Waals surface area contributed by atoms with E-state index >= 15 is 0 Å². The quantitative estimate of drug-likeness (QED) is 0.787. The van der Waals surface area contributed by atoms with Crippen LogP contribution in [0, 0.1) is 13.8 Å². The third-order valence-electron chi connectivity index (χ3n) is 3.41. The van der Waals surface area contributed by atoms with E-state index in [2.05, 4.69) is 15.5 Å². The number of rotatable bonds is 4. The first-order valence-corrected chi connectivity index (χ1v) is 6.75. The average molecular weight is 284 g/mol. The molecule has 3 aromatic rings. The topological polar surface area (TPSA) is 72.4 Å². The molecule has 0 radical (unpaired) electrons. The lowest BCUT2D eigenvalue weighted by Gasteiger charge is -2.05. The number of hydrogen-bond donors (Lipinski definition) is 1. The zero-order valence-corrected chi connectivity index (χ0v) is 12.0. The summed E-state index contributed by atoms with van der Waals surface area (Å²) in [6.07, 6.45) is 1.71. The molecule has 0 saturated carbocycles. The van der Waals surface area contributed by atoms with E-state index in [0.29, 0.717) is 18.7 Å². The third kappa shape index (κ3) is 2.71. The fraction of sp³-hybridized carbons (Fsp3) is 0.267. The van der Waals surface area contributed by atoms with Crippen molar-refractivity contribution in [1.29, 1.82) is 0 Å². The molecule has 0 atom stereocenters. The van der Waals surface area contributed by atoms with E-state index in [0.717, 1.165) is 22.7 Å². The molecule has 0 spiro atoms. The van der Waals surface area contributed by atoms with Gasteiger partial charge >= 0.3 is 0 Å². The summed E-state index contributed by atoms with van der Waals surface area (Å²) < 4.78 is 6.64. The van der Waals surface area contributed by atoms with Gasteiger partial charge < -0.3 is 9.84 Å². The zero-order valence-electron chi connectivity index (χ0n) is 12.0. The molecule has 0 aliphatic heterocycles. The highest BCUT2D eigenvalue weighted by atomic mass is 16.5. The number of pyridine rings is 1. The summed E-state index contributed by atoms with van der Waals surface area (Å²) in [6.45, 7) is 4.95. The Morgan fingerprint density at radius 2 is 2.14 bits per heavy atom. The normalized spacial score (nSPS) is 11.1. The lowest BCUT2D eigenvalue weighted by atomic mass is 10.2. The summed E-state index contributed by atoms with van der Waals surface area (Å²) in [5.41, 5.74) is 3.23. The van der Waals surface area contributed by atoms with E-state index in [1.807, 2.05) is 32.0 Å². The predicted octanol–water partition coefficient (Wildman–Crippen LogP) is 1.59. The van der Waals surface area contributed by atoms with Gasteiger partial charge in [0.2, 0.25) is 0 Å². The lowest BCUT2D eigenvalue weighted by molar-refractivity contribution is 0.392. The van der Waals surface area contributed by atoms with Gasteiger partial charge in [-0.15, -0.1) is 0 Å². The average Bonchev–Trinajstić information content (AvgIpc) is 2.79. The second-order valence-corrected chi connectivity index (χ2v) is 4.92. The Kier molecular flexibility index (Phi) is 3.53. The highest BCUT2D eigenvalue weighted by Gasteiger charge is 2.08. The van der Waals surface area contributed by atoms with Crippen LogP contribution in [0.5, 0.6) is 0 Å². The van der Waals surface area contributed by atoms with Gasteiger partial charge in [0.05, 0.1) is 11.4 Å². The first kappa shape index (κ1) is 13.5. The minimum Gasteiger partial charge on any atom is -0.361 e. The summed E-state index contributed by atoms with van der Waals surface area (Å²) in [4.78, 5) is 16.4. The summed E-state index contributed by atoms with van der Waals surface area (Å²) >= 11 is 0. The van der Waals surface area contributed by atoms with Crippen molar-refractivity contribution >= 4 is 5.65 Å². The van der Waals surface area contributed by atoms with Crippen LogP contribution in [0.15, 0.2) is 39.8 Å². The van der Waals surface area contributed by atoms with Crippen LogP contribution in [0.3, 0.4) is 0 Å². The summed E-state index contributed by atoms with van der Waals surface area (Å²) in [6, 6.07) is 7.04. The molecule has 0 fully saturated rings. The Balaban J connectivity index is 1.75. The molecule has 0 aliphatic rings. The number of hydrogen-bond acceptors (Lipinski definition) is 5. The van der Waals surface area contributed by atoms with Crippen molar-refractivity contribution in [3.8, 4) is 0 Å². The van der Waals surface area contributed by atoms with Gasteiger partial charge in [-0.1, -0.05) is 11.2 Å². The van der Waals surface area contributed by atoms with E-state index in [1.54, 1.807) is 12.3 Å². The van der Waals surface area contributed by atoms with Crippen molar-refractivity contribution in [3.05, 3.63) is 63.5 Å². The van der Waals surface area contributed by atoms with E-state index in [9.17, 15) is 4.79 Å². The molecule has 0 aromatic carbocycles. The Hall–Kier alpha value is -2.47. The second-order valence-electron chi connectivity index (χ2n) is 4.92. The monoisotopic (exact) mass is 284 g/mol. The fourth-order valence-electron chi connectivity index (χ4n) is 2.26. The lowest BCUT2D eigenvalue weighted by Crippen LogP contribution is -2.20. The van der Waals surface area contributed by atoms with E-state index < -0.39 is 0 Å². The zero-order chi connectivity index (χ0) is 14.8. The van der Waals surface area contributed by atoms with Crippen molar-refractivity contribution in [1.82, 2.24) is 19.9 Å². The minimum absolute atomic E-state index is 0.0743. The van der Waals surface area contributed by atoms with Gasteiger partial charge in [-0.2, -0.15) is 0 Å². The van der Waals surface area contributed by atoms with Crippen LogP contribution in [-0.4, -0.2) is 14.5 Å². The van der Waals surface area contributed by atoms with Crippen molar-refractivity contribution in [3.63, 3.8) is 0 Å². The summed E-state index contributed by atoms with van der Waals surface area (Å²) in [5, 5.41) is 7.18. The molecule has 3 rings (SSSR count).